The maximum absolute atomic E-state index is 11.1. The molecule has 0 fully saturated rings. The predicted octanol–water partition coefficient (Wildman–Crippen LogP) is 3.66. The quantitative estimate of drug-likeness (QED) is 0.931. The molecular formula is C18H21NO2. The molecule has 110 valence electrons. The summed E-state index contributed by atoms with van der Waals surface area (Å²) in [6.07, 6.45) is 0. The van der Waals surface area contributed by atoms with Gasteiger partial charge >= 0.3 is 0 Å². The van der Waals surface area contributed by atoms with Crippen LogP contribution in [-0.4, -0.2) is 5.91 Å². The van der Waals surface area contributed by atoms with Crippen molar-refractivity contribution in [2.45, 2.75) is 32.8 Å². The maximum atomic E-state index is 11.1. The molecular weight excluding hydrogens is 262 g/mol. The maximum Gasteiger partial charge on any atom is 0.248 e. The molecule has 2 aromatic rings. The van der Waals surface area contributed by atoms with Crippen LogP contribution in [0.4, 0.5) is 0 Å². The molecule has 0 aliphatic heterocycles. The van der Waals surface area contributed by atoms with E-state index in [4.69, 9.17) is 10.5 Å². The van der Waals surface area contributed by atoms with Crippen LogP contribution in [0.25, 0.3) is 0 Å². The van der Waals surface area contributed by atoms with Gasteiger partial charge in [-0.05, 0) is 34.7 Å². The number of benzene rings is 2. The van der Waals surface area contributed by atoms with E-state index in [0.29, 0.717) is 17.9 Å². The Bertz CT molecular complexity index is 624. The van der Waals surface area contributed by atoms with E-state index < -0.39 is 5.91 Å². The van der Waals surface area contributed by atoms with Crippen molar-refractivity contribution in [1.29, 1.82) is 0 Å². The number of hydrogen-bond acceptors (Lipinski definition) is 2. The van der Waals surface area contributed by atoms with Gasteiger partial charge in [-0.15, -0.1) is 0 Å². The van der Waals surface area contributed by atoms with Gasteiger partial charge in [0.25, 0.3) is 0 Å². The molecule has 2 aromatic carbocycles. The number of amides is 1. The molecule has 2 N–H and O–H groups in total. The van der Waals surface area contributed by atoms with Crippen molar-refractivity contribution in [3.63, 3.8) is 0 Å². The van der Waals surface area contributed by atoms with Crippen LogP contribution in [0.3, 0.4) is 0 Å². The molecule has 0 aromatic heterocycles. The summed E-state index contributed by atoms with van der Waals surface area (Å²) in [6, 6.07) is 15.3. The van der Waals surface area contributed by atoms with Crippen LogP contribution < -0.4 is 10.5 Å². The van der Waals surface area contributed by atoms with Gasteiger partial charge in [0.05, 0.1) is 0 Å². The van der Waals surface area contributed by atoms with Crippen LogP contribution in [0.1, 0.15) is 42.3 Å². The van der Waals surface area contributed by atoms with Gasteiger partial charge in [0.1, 0.15) is 12.4 Å². The van der Waals surface area contributed by atoms with E-state index in [1.807, 2.05) is 6.07 Å². The molecule has 0 radical (unpaired) electrons. The van der Waals surface area contributed by atoms with Crippen molar-refractivity contribution >= 4 is 5.91 Å². The Balaban J connectivity index is 2.03. The molecule has 0 aliphatic carbocycles. The van der Waals surface area contributed by atoms with Crippen LogP contribution in [0, 0.1) is 0 Å². The second-order valence-corrected chi connectivity index (χ2v) is 6.13. The van der Waals surface area contributed by atoms with Crippen LogP contribution >= 0.6 is 0 Å². The largest absolute Gasteiger partial charge is 0.489 e. The predicted molar refractivity (Wildman–Crippen MR) is 84.4 cm³/mol. The van der Waals surface area contributed by atoms with Crippen molar-refractivity contribution in [3.8, 4) is 5.75 Å². The van der Waals surface area contributed by atoms with Crippen molar-refractivity contribution in [2.75, 3.05) is 0 Å². The summed E-state index contributed by atoms with van der Waals surface area (Å²) in [5, 5.41) is 0. The van der Waals surface area contributed by atoms with Crippen molar-refractivity contribution in [1.82, 2.24) is 0 Å². The van der Waals surface area contributed by atoms with E-state index in [-0.39, 0.29) is 5.41 Å². The molecule has 0 unspecified atom stereocenters. The summed E-state index contributed by atoms with van der Waals surface area (Å²) >= 11 is 0. The minimum atomic E-state index is -0.449. The number of carbonyl (C=O) groups is 1. The number of ether oxygens (including phenoxy) is 1. The molecule has 3 nitrogen and oxygen atoms in total. The highest BCUT2D eigenvalue weighted by Gasteiger charge is 2.12. The van der Waals surface area contributed by atoms with Crippen LogP contribution in [0.15, 0.2) is 48.5 Å². The third-order valence-corrected chi connectivity index (χ3v) is 3.34. The molecule has 2 rings (SSSR count). The molecule has 0 saturated heterocycles. The third-order valence-electron chi connectivity index (χ3n) is 3.34. The van der Waals surface area contributed by atoms with E-state index in [9.17, 15) is 4.79 Å². The van der Waals surface area contributed by atoms with Gasteiger partial charge in [-0.3, -0.25) is 4.79 Å². The molecule has 0 saturated carbocycles. The zero-order valence-corrected chi connectivity index (χ0v) is 12.7. The summed E-state index contributed by atoms with van der Waals surface area (Å²) in [5.41, 5.74) is 8.24. The Morgan fingerprint density at radius 1 is 1.10 bits per heavy atom. The van der Waals surface area contributed by atoms with Gasteiger partial charge < -0.3 is 10.5 Å². The average molecular weight is 283 g/mol. The monoisotopic (exact) mass is 283 g/mol. The fourth-order valence-corrected chi connectivity index (χ4v) is 2.01. The minimum absolute atomic E-state index is 0.148. The van der Waals surface area contributed by atoms with Gasteiger partial charge in [-0.1, -0.05) is 51.1 Å². The number of rotatable bonds is 4. The third kappa shape index (κ3) is 4.09. The van der Waals surface area contributed by atoms with Gasteiger partial charge in [0.15, 0.2) is 0 Å². The molecule has 21 heavy (non-hydrogen) atoms. The normalized spacial score (nSPS) is 11.2. The second-order valence-electron chi connectivity index (χ2n) is 6.13. The van der Waals surface area contributed by atoms with Gasteiger partial charge in [-0.2, -0.15) is 0 Å². The zero-order chi connectivity index (χ0) is 15.5. The van der Waals surface area contributed by atoms with E-state index >= 15 is 0 Å². The van der Waals surface area contributed by atoms with Gasteiger partial charge in [0, 0.05) is 5.56 Å². The molecule has 3 heteroatoms. The SMILES string of the molecule is CC(C)(C)c1ccc(COc2cccc(C(N)=O)c2)cc1. The Hall–Kier alpha value is -2.29. The first kappa shape index (κ1) is 15.1. The summed E-state index contributed by atoms with van der Waals surface area (Å²) < 4.78 is 5.70. The fourth-order valence-electron chi connectivity index (χ4n) is 2.01. The summed E-state index contributed by atoms with van der Waals surface area (Å²) in [6.45, 7) is 7.03. The lowest BCUT2D eigenvalue weighted by atomic mass is 9.87. The molecule has 0 aliphatic rings. The Labute approximate surface area is 125 Å². The van der Waals surface area contributed by atoms with E-state index in [1.54, 1.807) is 18.2 Å². The molecule has 1 amide bonds. The Morgan fingerprint density at radius 3 is 2.33 bits per heavy atom. The zero-order valence-electron chi connectivity index (χ0n) is 12.7. The summed E-state index contributed by atoms with van der Waals surface area (Å²) in [4.78, 5) is 11.1. The number of carbonyl (C=O) groups excluding carboxylic acids is 1. The lowest BCUT2D eigenvalue weighted by molar-refractivity contribution is 0.1000. The van der Waals surface area contributed by atoms with E-state index in [1.165, 1.54) is 5.56 Å². The Kier molecular flexibility index (Phi) is 4.32. The van der Waals surface area contributed by atoms with Gasteiger partial charge in [-0.25, -0.2) is 0 Å². The van der Waals surface area contributed by atoms with Crippen LogP contribution in [-0.2, 0) is 12.0 Å². The minimum Gasteiger partial charge on any atom is -0.489 e. The molecule has 0 heterocycles. The first-order valence-electron chi connectivity index (χ1n) is 6.98. The number of nitrogens with two attached hydrogens (primary N) is 1. The lowest BCUT2D eigenvalue weighted by Crippen LogP contribution is -2.11. The van der Waals surface area contributed by atoms with Crippen molar-refractivity contribution in [3.05, 3.63) is 65.2 Å². The highest BCUT2D eigenvalue weighted by molar-refractivity contribution is 5.93. The van der Waals surface area contributed by atoms with E-state index in [2.05, 4.69) is 45.0 Å². The smallest absolute Gasteiger partial charge is 0.248 e. The highest BCUT2D eigenvalue weighted by Crippen LogP contribution is 2.22. The number of hydrogen-bond donors (Lipinski definition) is 1. The first-order valence-corrected chi connectivity index (χ1v) is 6.98. The molecule has 0 bridgehead atoms. The number of primary amides is 1. The van der Waals surface area contributed by atoms with Crippen LogP contribution in [0.5, 0.6) is 5.75 Å². The van der Waals surface area contributed by atoms with Crippen molar-refractivity contribution in [2.24, 2.45) is 5.73 Å². The fraction of sp³-hybridized carbons (Fsp3) is 0.278. The Morgan fingerprint density at radius 2 is 1.76 bits per heavy atom. The molecule has 0 atom stereocenters. The topological polar surface area (TPSA) is 52.3 Å². The summed E-state index contributed by atoms with van der Waals surface area (Å²) in [5.74, 6) is 0.196. The average Bonchev–Trinajstić information content (AvgIpc) is 2.45. The summed E-state index contributed by atoms with van der Waals surface area (Å²) in [7, 11) is 0. The second kappa shape index (κ2) is 6.00. The van der Waals surface area contributed by atoms with Crippen LogP contribution in [0.2, 0.25) is 0 Å². The first-order chi connectivity index (χ1) is 9.86. The highest BCUT2D eigenvalue weighted by atomic mass is 16.5. The molecule has 0 spiro atoms. The standard InChI is InChI=1S/C18H21NO2/c1-18(2,3)15-9-7-13(8-10-15)12-21-16-6-4-5-14(11-16)17(19)20/h4-11H,12H2,1-3H3,(H2,19,20). The van der Waals surface area contributed by atoms with Gasteiger partial charge in [0.2, 0.25) is 5.91 Å². The van der Waals surface area contributed by atoms with E-state index in [0.717, 1.165) is 5.56 Å². The van der Waals surface area contributed by atoms with Crippen molar-refractivity contribution < 1.29 is 9.53 Å². The lowest BCUT2D eigenvalue weighted by Gasteiger charge is -2.19.